The van der Waals surface area contributed by atoms with Gasteiger partial charge >= 0.3 is 0 Å². The van der Waals surface area contributed by atoms with Crippen molar-refractivity contribution in [3.05, 3.63) is 28.2 Å². The van der Waals surface area contributed by atoms with Gasteiger partial charge in [-0.15, -0.1) is 0 Å². The third-order valence-electron chi connectivity index (χ3n) is 2.93. The normalized spacial score (nSPS) is 12.9. The Morgan fingerprint density at radius 2 is 1.94 bits per heavy atom. The third-order valence-corrected chi connectivity index (χ3v) is 3.43. The van der Waals surface area contributed by atoms with Crippen molar-refractivity contribution in [1.29, 1.82) is 0 Å². The first-order valence-electron chi connectivity index (χ1n) is 6.18. The summed E-state index contributed by atoms with van der Waals surface area (Å²) in [6.07, 6.45) is 1.20. The molecule has 0 radical (unpaired) electrons. The first kappa shape index (κ1) is 14.5. The number of hydrogen-bond acceptors (Lipinski definition) is 2. The van der Waals surface area contributed by atoms with Gasteiger partial charge in [-0.25, -0.2) is 0 Å². The maximum absolute atomic E-state index is 6.03. The van der Waals surface area contributed by atoms with E-state index in [2.05, 4.69) is 59.9 Å². The molecule has 0 spiro atoms. The highest BCUT2D eigenvalue weighted by atomic mass is 79.9. The van der Waals surface area contributed by atoms with Crippen LogP contribution in [-0.2, 0) is 0 Å². The fourth-order valence-electron chi connectivity index (χ4n) is 1.81. The van der Waals surface area contributed by atoms with E-state index in [0.717, 1.165) is 16.9 Å². The summed E-state index contributed by atoms with van der Waals surface area (Å²) < 4.78 is 1.09. The summed E-state index contributed by atoms with van der Waals surface area (Å²) in [5.41, 5.74) is 8.47. The summed E-state index contributed by atoms with van der Waals surface area (Å²) in [5.74, 6) is 0.728. The predicted molar refractivity (Wildman–Crippen MR) is 79.5 cm³/mol. The predicted octanol–water partition coefficient (Wildman–Crippen LogP) is 3.95. The molecular weight excluding hydrogens is 276 g/mol. The van der Waals surface area contributed by atoms with Gasteiger partial charge in [0, 0.05) is 29.8 Å². The van der Waals surface area contributed by atoms with Crippen molar-refractivity contribution in [2.24, 2.45) is 11.7 Å². The summed E-state index contributed by atoms with van der Waals surface area (Å²) in [5, 5.41) is 0. The largest absolute Gasteiger partial charge is 0.374 e. The summed E-state index contributed by atoms with van der Waals surface area (Å²) in [6, 6.07) is 6.39. The van der Waals surface area contributed by atoms with Crippen molar-refractivity contribution in [2.45, 2.75) is 33.2 Å². The van der Waals surface area contributed by atoms with Gasteiger partial charge in [0.15, 0.2) is 0 Å². The number of halogens is 1. The van der Waals surface area contributed by atoms with Gasteiger partial charge in [0.1, 0.15) is 0 Å². The van der Waals surface area contributed by atoms with Crippen LogP contribution in [0.4, 0.5) is 5.69 Å². The van der Waals surface area contributed by atoms with Gasteiger partial charge in [-0.1, -0.05) is 29.8 Å². The van der Waals surface area contributed by atoms with E-state index in [0.29, 0.717) is 0 Å². The van der Waals surface area contributed by atoms with Crippen LogP contribution in [0.25, 0.3) is 0 Å². The lowest BCUT2D eigenvalue weighted by Gasteiger charge is -2.25. The SMILES string of the molecule is CC(C)CCN(C)c1ccc(Br)cc1C(C)N. The van der Waals surface area contributed by atoms with Crippen LogP contribution in [-0.4, -0.2) is 13.6 Å². The Labute approximate surface area is 113 Å². The van der Waals surface area contributed by atoms with Crippen LogP contribution < -0.4 is 10.6 Å². The van der Waals surface area contributed by atoms with Crippen molar-refractivity contribution in [2.75, 3.05) is 18.5 Å². The molecule has 0 aromatic heterocycles. The van der Waals surface area contributed by atoms with Crippen LogP contribution >= 0.6 is 15.9 Å². The summed E-state index contributed by atoms with van der Waals surface area (Å²) in [6.45, 7) is 7.60. The smallest absolute Gasteiger partial charge is 0.0412 e. The summed E-state index contributed by atoms with van der Waals surface area (Å²) in [7, 11) is 2.14. The molecule has 0 saturated carbocycles. The molecule has 1 rings (SSSR count). The average molecular weight is 299 g/mol. The number of rotatable bonds is 5. The maximum Gasteiger partial charge on any atom is 0.0412 e. The second-order valence-electron chi connectivity index (χ2n) is 5.10. The zero-order chi connectivity index (χ0) is 13.0. The molecule has 0 amide bonds. The van der Waals surface area contributed by atoms with Gasteiger partial charge in [-0.2, -0.15) is 0 Å². The van der Waals surface area contributed by atoms with Crippen molar-refractivity contribution < 1.29 is 0 Å². The van der Waals surface area contributed by atoms with E-state index >= 15 is 0 Å². The van der Waals surface area contributed by atoms with Gasteiger partial charge in [0.05, 0.1) is 0 Å². The van der Waals surface area contributed by atoms with Gasteiger partial charge in [0.2, 0.25) is 0 Å². The Morgan fingerprint density at radius 3 is 2.47 bits per heavy atom. The van der Waals surface area contributed by atoms with Gasteiger partial charge in [-0.05, 0) is 43.0 Å². The molecule has 1 atom stereocenters. The van der Waals surface area contributed by atoms with Gasteiger partial charge in [-0.3, -0.25) is 0 Å². The van der Waals surface area contributed by atoms with Crippen LogP contribution in [0.2, 0.25) is 0 Å². The van der Waals surface area contributed by atoms with Crippen molar-refractivity contribution in [1.82, 2.24) is 0 Å². The molecule has 0 saturated heterocycles. The number of hydrogen-bond donors (Lipinski definition) is 1. The fraction of sp³-hybridized carbons (Fsp3) is 0.571. The Balaban J connectivity index is 2.88. The van der Waals surface area contributed by atoms with Gasteiger partial charge in [0.25, 0.3) is 0 Å². The molecule has 0 aliphatic carbocycles. The van der Waals surface area contributed by atoms with Crippen LogP contribution in [0.5, 0.6) is 0 Å². The van der Waals surface area contributed by atoms with E-state index in [1.807, 2.05) is 6.92 Å². The molecule has 0 fully saturated rings. The quantitative estimate of drug-likeness (QED) is 0.892. The topological polar surface area (TPSA) is 29.3 Å². The monoisotopic (exact) mass is 298 g/mol. The van der Waals surface area contributed by atoms with E-state index in [1.54, 1.807) is 0 Å². The van der Waals surface area contributed by atoms with Crippen molar-refractivity contribution in [3.8, 4) is 0 Å². The van der Waals surface area contributed by atoms with E-state index < -0.39 is 0 Å². The first-order valence-corrected chi connectivity index (χ1v) is 6.97. The third kappa shape index (κ3) is 4.32. The lowest BCUT2D eigenvalue weighted by molar-refractivity contribution is 0.584. The standard InChI is InChI=1S/C14H23BrN2/c1-10(2)7-8-17(4)14-6-5-12(15)9-13(14)11(3)16/h5-6,9-11H,7-8,16H2,1-4H3. The van der Waals surface area contributed by atoms with E-state index in [9.17, 15) is 0 Å². The van der Waals surface area contributed by atoms with Crippen molar-refractivity contribution >= 4 is 21.6 Å². The Kier molecular flexibility index (Phi) is 5.47. The number of anilines is 1. The zero-order valence-corrected chi connectivity index (χ0v) is 12.8. The second kappa shape index (κ2) is 6.41. The molecule has 0 aliphatic heterocycles. The lowest BCUT2D eigenvalue weighted by Crippen LogP contribution is -2.22. The number of benzene rings is 1. The summed E-state index contributed by atoms with van der Waals surface area (Å²) in [4.78, 5) is 2.30. The minimum Gasteiger partial charge on any atom is -0.374 e. The minimum absolute atomic E-state index is 0.0593. The Bertz CT molecular complexity index is 361. The Hall–Kier alpha value is -0.540. The molecule has 0 heterocycles. The highest BCUT2D eigenvalue weighted by Crippen LogP contribution is 2.28. The molecule has 96 valence electrons. The van der Waals surface area contributed by atoms with Crippen LogP contribution in [0.1, 0.15) is 38.8 Å². The molecule has 2 nitrogen and oxygen atoms in total. The molecule has 0 aliphatic rings. The second-order valence-corrected chi connectivity index (χ2v) is 6.01. The highest BCUT2D eigenvalue weighted by Gasteiger charge is 2.11. The lowest BCUT2D eigenvalue weighted by atomic mass is 10.1. The molecule has 17 heavy (non-hydrogen) atoms. The van der Waals surface area contributed by atoms with Crippen LogP contribution in [0, 0.1) is 5.92 Å². The molecule has 3 heteroatoms. The van der Waals surface area contributed by atoms with Gasteiger partial charge < -0.3 is 10.6 Å². The first-order chi connectivity index (χ1) is 7.91. The van der Waals surface area contributed by atoms with Crippen molar-refractivity contribution in [3.63, 3.8) is 0 Å². The molecule has 0 bridgehead atoms. The summed E-state index contributed by atoms with van der Waals surface area (Å²) >= 11 is 3.50. The molecule has 1 aromatic carbocycles. The maximum atomic E-state index is 6.03. The zero-order valence-electron chi connectivity index (χ0n) is 11.2. The Morgan fingerprint density at radius 1 is 1.29 bits per heavy atom. The molecule has 2 N–H and O–H groups in total. The number of nitrogens with two attached hydrogens (primary N) is 1. The highest BCUT2D eigenvalue weighted by molar-refractivity contribution is 9.10. The molecule has 1 unspecified atom stereocenters. The molecular formula is C14H23BrN2. The van der Waals surface area contributed by atoms with E-state index in [4.69, 9.17) is 5.73 Å². The number of nitrogens with zero attached hydrogens (tertiary/aromatic N) is 1. The molecule has 1 aromatic rings. The average Bonchev–Trinajstić information content (AvgIpc) is 2.25. The van der Waals surface area contributed by atoms with Crippen LogP contribution in [0.15, 0.2) is 22.7 Å². The fourth-order valence-corrected chi connectivity index (χ4v) is 2.19. The van der Waals surface area contributed by atoms with Crippen LogP contribution in [0.3, 0.4) is 0 Å². The van der Waals surface area contributed by atoms with E-state index in [1.165, 1.54) is 17.7 Å². The minimum atomic E-state index is 0.0593. The van der Waals surface area contributed by atoms with E-state index in [-0.39, 0.29) is 6.04 Å².